The van der Waals surface area contributed by atoms with Gasteiger partial charge in [0.1, 0.15) is 18.8 Å². The lowest BCUT2D eigenvalue weighted by Crippen LogP contribution is -2.65. The molecule has 5 heteroatoms. The van der Waals surface area contributed by atoms with E-state index >= 15 is 0 Å². The number of halogens is 1. The maximum atomic E-state index is 12.6. The van der Waals surface area contributed by atoms with Gasteiger partial charge in [-0.1, -0.05) is 19.3 Å². The Labute approximate surface area is 107 Å². The maximum absolute atomic E-state index is 12.6. The zero-order valence-corrected chi connectivity index (χ0v) is 10.8. The standard InChI is InChI=1S/C13H21FN2O2/c1-9-13(18)16(8-7-14)11(12(17)15-9)10-5-3-2-4-6-10/h9-11H,2-8H2,1H3,(H,15,17). The molecule has 2 aliphatic rings. The van der Waals surface area contributed by atoms with E-state index in [1.807, 2.05) is 0 Å². The lowest BCUT2D eigenvalue weighted by atomic mass is 9.81. The van der Waals surface area contributed by atoms with Gasteiger partial charge in [0, 0.05) is 6.54 Å². The van der Waals surface area contributed by atoms with Crippen LogP contribution in [0.5, 0.6) is 0 Å². The molecule has 0 aromatic heterocycles. The topological polar surface area (TPSA) is 49.4 Å². The fourth-order valence-electron chi connectivity index (χ4n) is 3.15. The van der Waals surface area contributed by atoms with Crippen molar-refractivity contribution in [2.24, 2.45) is 5.92 Å². The molecule has 102 valence electrons. The molecule has 1 aliphatic carbocycles. The van der Waals surface area contributed by atoms with Crippen LogP contribution in [0.25, 0.3) is 0 Å². The van der Waals surface area contributed by atoms with E-state index in [1.165, 1.54) is 11.3 Å². The van der Waals surface area contributed by atoms with E-state index in [2.05, 4.69) is 5.32 Å². The van der Waals surface area contributed by atoms with E-state index in [0.717, 1.165) is 25.7 Å². The van der Waals surface area contributed by atoms with Crippen molar-refractivity contribution in [3.63, 3.8) is 0 Å². The summed E-state index contributed by atoms with van der Waals surface area (Å²) >= 11 is 0. The molecule has 0 spiro atoms. The first-order chi connectivity index (χ1) is 8.65. The second kappa shape index (κ2) is 5.67. The number of carbonyl (C=O) groups excluding carboxylic acids is 2. The lowest BCUT2D eigenvalue weighted by Gasteiger charge is -2.42. The molecule has 0 aromatic rings. The van der Waals surface area contributed by atoms with E-state index < -0.39 is 18.8 Å². The quantitative estimate of drug-likeness (QED) is 0.826. The minimum atomic E-state index is -0.588. The minimum Gasteiger partial charge on any atom is -0.343 e. The Kier molecular flexibility index (Phi) is 4.19. The number of piperazine rings is 1. The molecule has 1 saturated carbocycles. The monoisotopic (exact) mass is 256 g/mol. The van der Waals surface area contributed by atoms with Gasteiger partial charge < -0.3 is 10.2 Å². The predicted molar refractivity (Wildman–Crippen MR) is 65.7 cm³/mol. The summed E-state index contributed by atoms with van der Waals surface area (Å²) in [6.07, 6.45) is 5.31. The molecule has 2 unspecified atom stereocenters. The number of nitrogens with one attached hydrogen (secondary N) is 1. The number of nitrogens with zero attached hydrogens (tertiary/aromatic N) is 1. The molecule has 0 radical (unpaired) electrons. The first-order valence-electron chi connectivity index (χ1n) is 6.82. The zero-order valence-electron chi connectivity index (χ0n) is 10.8. The molecule has 2 fully saturated rings. The molecule has 18 heavy (non-hydrogen) atoms. The summed E-state index contributed by atoms with van der Waals surface area (Å²) in [7, 11) is 0. The van der Waals surface area contributed by atoms with Crippen LogP contribution in [0.15, 0.2) is 0 Å². The fourth-order valence-corrected chi connectivity index (χ4v) is 3.15. The molecule has 2 rings (SSSR count). The molecule has 2 atom stereocenters. The summed E-state index contributed by atoms with van der Waals surface area (Å²) in [4.78, 5) is 25.6. The predicted octanol–water partition coefficient (Wildman–Crippen LogP) is 1.25. The second-order valence-electron chi connectivity index (χ2n) is 5.29. The van der Waals surface area contributed by atoms with E-state index in [1.54, 1.807) is 6.92 Å². The van der Waals surface area contributed by atoms with Crippen LogP contribution < -0.4 is 5.32 Å². The van der Waals surface area contributed by atoms with Crippen LogP contribution in [0.3, 0.4) is 0 Å². The highest BCUT2D eigenvalue weighted by Gasteiger charge is 2.42. The highest BCUT2D eigenvalue weighted by atomic mass is 19.1. The zero-order chi connectivity index (χ0) is 13.1. The molecule has 1 saturated heterocycles. The molecule has 0 bridgehead atoms. The van der Waals surface area contributed by atoms with Crippen molar-refractivity contribution in [3.05, 3.63) is 0 Å². The average Bonchev–Trinajstić information content (AvgIpc) is 2.37. The number of carbonyl (C=O) groups is 2. The number of rotatable bonds is 3. The van der Waals surface area contributed by atoms with E-state index in [-0.39, 0.29) is 24.3 Å². The molecule has 1 heterocycles. The maximum Gasteiger partial charge on any atom is 0.245 e. The van der Waals surface area contributed by atoms with Crippen molar-refractivity contribution in [2.75, 3.05) is 13.2 Å². The summed E-state index contributed by atoms with van der Waals surface area (Å²) in [5.41, 5.74) is 0. The molecular formula is C13H21FN2O2. The minimum absolute atomic E-state index is 0.0394. The van der Waals surface area contributed by atoms with Gasteiger partial charge in [-0.15, -0.1) is 0 Å². The summed E-state index contributed by atoms with van der Waals surface area (Å²) in [6.45, 7) is 1.11. The van der Waals surface area contributed by atoms with Crippen LogP contribution in [0.1, 0.15) is 39.0 Å². The van der Waals surface area contributed by atoms with Gasteiger partial charge in [-0.2, -0.15) is 0 Å². The van der Waals surface area contributed by atoms with Crippen molar-refractivity contribution >= 4 is 11.8 Å². The van der Waals surface area contributed by atoms with Crippen LogP contribution in [0, 0.1) is 5.92 Å². The van der Waals surface area contributed by atoms with Gasteiger partial charge in [-0.05, 0) is 25.7 Å². The largest absolute Gasteiger partial charge is 0.343 e. The first kappa shape index (κ1) is 13.3. The highest BCUT2D eigenvalue weighted by molar-refractivity contribution is 5.96. The van der Waals surface area contributed by atoms with Crippen molar-refractivity contribution in [1.82, 2.24) is 10.2 Å². The number of alkyl halides is 1. The van der Waals surface area contributed by atoms with Crippen molar-refractivity contribution < 1.29 is 14.0 Å². The van der Waals surface area contributed by atoms with Crippen LogP contribution in [0.2, 0.25) is 0 Å². The Morgan fingerprint density at radius 2 is 1.94 bits per heavy atom. The summed E-state index contributed by atoms with van der Waals surface area (Å²) < 4.78 is 12.6. The van der Waals surface area contributed by atoms with Crippen molar-refractivity contribution in [3.8, 4) is 0 Å². The number of hydrogen-bond acceptors (Lipinski definition) is 2. The molecule has 1 N–H and O–H groups in total. The number of amides is 2. The van der Waals surface area contributed by atoms with Crippen LogP contribution >= 0.6 is 0 Å². The summed E-state index contributed by atoms with van der Waals surface area (Å²) in [6, 6.07) is -0.978. The fraction of sp³-hybridized carbons (Fsp3) is 0.846. The summed E-state index contributed by atoms with van der Waals surface area (Å²) in [5, 5.41) is 2.71. The van der Waals surface area contributed by atoms with Gasteiger partial charge in [-0.3, -0.25) is 9.59 Å². The molecule has 2 amide bonds. The lowest BCUT2D eigenvalue weighted by molar-refractivity contribution is -0.151. The molecular weight excluding hydrogens is 235 g/mol. The highest BCUT2D eigenvalue weighted by Crippen LogP contribution is 2.30. The molecule has 4 nitrogen and oxygen atoms in total. The normalized spacial score (nSPS) is 30.4. The molecule has 0 aromatic carbocycles. The van der Waals surface area contributed by atoms with Crippen LogP contribution in [-0.4, -0.2) is 42.0 Å². The van der Waals surface area contributed by atoms with Crippen LogP contribution in [0.4, 0.5) is 4.39 Å². The van der Waals surface area contributed by atoms with E-state index in [4.69, 9.17) is 0 Å². The summed E-state index contributed by atoms with van der Waals surface area (Å²) in [5.74, 6) is -0.0629. The van der Waals surface area contributed by atoms with Gasteiger partial charge in [0.15, 0.2) is 0 Å². The van der Waals surface area contributed by atoms with Gasteiger partial charge in [0.2, 0.25) is 11.8 Å². The third-order valence-electron chi connectivity index (χ3n) is 4.04. The SMILES string of the molecule is CC1NC(=O)C(C2CCCCC2)N(CCF)C1=O. The average molecular weight is 256 g/mol. The molecule has 1 aliphatic heterocycles. The number of hydrogen-bond donors (Lipinski definition) is 1. The Bertz CT molecular complexity index is 329. The smallest absolute Gasteiger partial charge is 0.245 e. The Morgan fingerprint density at radius 3 is 2.56 bits per heavy atom. The van der Waals surface area contributed by atoms with Gasteiger partial charge >= 0.3 is 0 Å². The second-order valence-corrected chi connectivity index (χ2v) is 5.29. The third-order valence-corrected chi connectivity index (χ3v) is 4.04. The Hall–Kier alpha value is -1.13. The van der Waals surface area contributed by atoms with E-state index in [0.29, 0.717) is 0 Å². The first-order valence-corrected chi connectivity index (χ1v) is 6.82. The van der Waals surface area contributed by atoms with Gasteiger partial charge in [0.25, 0.3) is 0 Å². The van der Waals surface area contributed by atoms with Crippen LogP contribution in [-0.2, 0) is 9.59 Å². The van der Waals surface area contributed by atoms with Crippen molar-refractivity contribution in [1.29, 1.82) is 0 Å². The van der Waals surface area contributed by atoms with E-state index in [9.17, 15) is 14.0 Å². The third kappa shape index (κ3) is 2.49. The Morgan fingerprint density at radius 1 is 1.28 bits per heavy atom. The van der Waals surface area contributed by atoms with Gasteiger partial charge in [0.05, 0.1) is 0 Å². The van der Waals surface area contributed by atoms with Gasteiger partial charge in [-0.25, -0.2) is 4.39 Å². The van der Waals surface area contributed by atoms with Crippen molar-refractivity contribution in [2.45, 2.75) is 51.1 Å². The Balaban J connectivity index is 2.16.